The van der Waals surface area contributed by atoms with E-state index in [0.717, 1.165) is 0 Å². The predicted octanol–water partition coefficient (Wildman–Crippen LogP) is 0.913. The molecule has 1 unspecified atom stereocenters. The van der Waals surface area contributed by atoms with Gasteiger partial charge in [0.25, 0.3) is 10.1 Å². The minimum absolute atomic E-state index is 0.150. The first kappa shape index (κ1) is 14.1. The molecule has 1 atom stereocenters. The molecule has 96 valence electrons. The van der Waals surface area contributed by atoms with E-state index in [4.69, 9.17) is 13.6 Å². The minimum Gasteiger partial charge on any atom is -0.287 e. The Morgan fingerprint density at radius 1 is 1.31 bits per heavy atom. The average Bonchev–Trinajstić information content (AvgIpc) is 2.45. The van der Waals surface area contributed by atoms with E-state index in [1.807, 2.05) is 0 Å². The van der Waals surface area contributed by atoms with Gasteiger partial charge in [-0.2, -0.15) is 8.42 Å². The lowest BCUT2D eigenvalue weighted by Crippen LogP contribution is -2.17. The van der Waals surface area contributed by atoms with Crippen molar-refractivity contribution < 1.29 is 30.7 Å². The van der Waals surface area contributed by atoms with E-state index in [1.54, 1.807) is 13.8 Å². The highest BCUT2D eigenvalue weighted by Gasteiger charge is 2.37. The summed E-state index contributed by atoms with van der Waals surface area (Å²) >= 11 is 0. The molecule has 0 spiro atoms. The zero-order chi connectivity index (χ0) is 12.2. The normalized spacial score (nSPS) is 24.8. The highest BCUT2D eigenvalue weighted by molar-refractivity contribution is 7.87. The van der Waals surface area contributed by atoms with Gasteiger partial charge >= 0.3 is 7.82 Å². The van der Waals surface area contributed by atoms with Crippen molar-refractivity contribution >= 4 is 17.9 Å². The molecule has 7 nitrogen and oxygen atoms in total. The summed E-state index contributed by atoms with van der Waals surface area (Å²) in [5.41, 5.74) is 0. The number of rotatable bonds is 6. The topological polar surface area (TPSA) is 88.1 Å². The van der Waals surface area contributed by atoms with Gasteiger partial charge in [0, 0.05) is 0 Å². The van der Waals surface area contributed by atoms with Crippen molar-refractivity contribution in [3.8, 4) is 0 Å². The maximum atomic E-state index is 11.9. The fourth-order valence-corrected chi connectivity index (χ4v) is 3.67. The first-order chi connectivity index (χ1) is 7.41. The van der Waals surface area contributed by atoms with Gasteiger partial charge in [0.1, 0.15) is 11.9 Å². The Hall–Kier alpha value is 0.0200. The van der Waals surface area contributed by atoms with Gasteiger partial charge in [-0.15, -0.1) is 0 Å². The molecule has 0 saturated carbocycles. The summed E-state index contributed by atoms with van der Waals surface area (Å²) in [6, 6.07) is 0. The molecule has 0 aromatic rings. The van der Waals surface area contributed by atoms with Crippen LogP contribution in [0.5, 0.6) is 0 Å². The maximum absolute atomic E-state index is 11.9. The van der Waals surface area contributed by atoms with Gasteiger partial charge in [-0.1, -0.05) is 0 Å². The Kier molecular flexibility index (Phi) is 4.90. The van der Waals surface area contributed by atoms with Crippen molar-refractivity contribution in [3.63, 3.8) is 0 Å². The van der Waals surface area contributed by atoms with Gasteiger partial charge in [-0.3, -0.25) is 17.8 Å². The highest BCUT2D eigenvalue weighted by atomic mass is 32.2. The lowest BCUT2D eigenvalue weighted by atomic mass is 10.5. The first-order valence-corrected chi connectivity index (χ1v) is 7.89. The Morgan fingerprint density at radius 2 is 1.88 bits per heavy atom. The van der Waals surface area contributed by atoms with E-state index in [2.05, 4.69) is 4.18 Å². The molecule has 0 aromatic heterocycles. The molecule has 0 aromatic carbocycles. The van der Waals surface area contributed by atoms with Crippen LogP contribution in [0, 0.1) is 0 Å². The lowest BCUT2D eigenvalue weighted by Gasteiger charge is -2.18. The van der Waals surface area contributed by atoms with Crippen LogP contribution < -0.4 is 0 Å². The van der Waals surface area contributed by atoms with Gasteiger partial charge in [0.05, 0.1) is 19.8 Å². The standard InChI is InChI=1S/C7H15O7PS/c1-3-11-15(8,12-4-2)14-7-5-13-16(9,10)6-7/h7H,3-6H2,1-2H3. The second-order valence-electron chi connectivity index (χ2n) is 3.02. The molecule has 9 heteroatoms. The van der Waals surface area contributed by atoms with Gasteiger partial charge in [0.2, 0.25) is 0 Å². The molecule has 0 bridgehead atoms. The van der Waals surface area contributed by atoms with Crippen LogP contribution in [0.4, 0.5) is 0 Å². The van der Waals surface area contributed by atoms with Crippen LogP contribution in [0.25, 0.3) is 0 Å². The van der Waals surface area contributed by atoms with Crippen LogP contribution >= 0.6 is 7.82 Å². The van der Waals surface area contributed by atoms with Gasteiger partial charge in [-0.05, 0) is 13.8 Å². The van der Waals surface area contributed by atoms with Crippen molar-refractivity contribution in [1.82, 2.24) is 0 Å². The molecule has 0 amide bonds. The van der Waals surface area contributed by atoms with Gasteiger partial charge < -0.3 is 0 Å². The maximum Gasteiger partial charge on any atom is 0.475 e. The van der Waals surface area contributed by atoms with E-state index in [0.29, 0.717) is 0 Å². The molecule has 1 saturated heterocycles. The van der Waals surface area contributed by atoms with E-state index < -0.39 is 24.0 Å². The van der Waals surface area contributed by atoms with Crippen LogP contribution in [0.3, 0.4) is 0 Å². The number of phosphoric ester groups is 1. The average molecular weight is 274 g/mol. The fourth-order valence-electron chi connectivity index (χ4n) is 1.16. The molecule has 1 rings (SSSR count). The number of phosphoric acid groups is 1. The monoisotopic (exact) mass is 274 g/mol. The highest BCUT2D eigenvalue weighted by Crippen LogP contribution is 2.50. The van der Waals surface area contributed by atoms with Crippen molar-refractivity contribution in [3.05, 3.63) is 0 Å². The largest absolute Gasteiger partial charge is 0.475 e. The van der Waals surface area contributed by atoms with E-state index in [9.17, 15) is 13.0 Å². The summed E-state index contributed by atoms with van der Waals surface area (Å²) in [6.07, 6.45) is -0.811. The Balaban J connectivity index is 2.60. The van der Waals surface area contributed by atoms with Crippen LogP contribution in [-0.4, -0.2) is 40.1 Å². The predicted molar refractivity (Wildman–Crippen MR) is 55.5 cm³/mol. The molecule has 1 aliphatic rings. The summed E-state index contributed by atoms with van der Waals surface area (Å²) in [7, 11) is -7.22. The molecule has 0 radical (unpaired) electrons. The molecule has 16 heavy (non-hydrogen) atoms. The smallest absolute Gasteiger partial charge is 0.287 e. The first-order valence-electron chi connectivity index (χ1n) is 4.85. The third-order valence-corrected chi connectivity index (χ3v) is 4.66. The van der Waals surface area contributed by atoms with E-state index >= 15 is 0 Å². The second-order valence-corrected chi connectivity index (χ2v) is 6.33. The second kappa shape index (κ2) is 5.57. The zero-order valence-electron chi connectivity index (χ0n) is 9.12. The summed E-state index contributed by atoms with van der Waals surface area (Å²) in [5, 5.41) is 0. The van der Waals surface area contributed by atoms with Crippen molar-refractivity contribution in [2.24, 2.45) is 0 Å². The molecular weight excluding hydrogens is 259 g/mol. The molecule has 1 aliphatic heterocycles. The SMILES string of the molecule is CCOP(=O)(OCC)OC1COS(=O)(=O)C1. The summed E-state index contributed by atoms with van der Waals surface area (Å²) in [5.74, 6) is -0.336. The van der Waals surface area contributed by atoms with Crippen LogP contribution in [-0.2, 0) is 32.4 Å². The number of hydrogen-bond acceptors (Lipinski definition) is 7. The summed E-state index contributed by atoms with van der Waals surface area (Å²) in [6.45, 7) is 3.41. The Morgan fingerprint density at radius 3 is 2.25 bits per heavy atom. The molecule has 1 fully saturated rings. The zero-order valence-corrected chi connectivity index (χ0v) is 10.8. The quantitative estimate of drug-likeness (QED) is 0.525. The van der Waals surface area contributed by atoms with Crippen molar-refractivity contribution in [2.75, 3.05) is 25.6 Å². The van der Waals surface area contributed by atoms with Crippen LogP contribution in [0.1, 0.15) is 13.8 Å². The van der Waals surface area contributed by atoms with Crippen molar-refractivity contribution in [2.45, 2.75) is 20.0 Å². The molecule has 0 N–H and O–H groups in total. The summed E-state index contributed by atoms with van der Waals surface area (Å²) in [4.78, 5) is 0. The van der Waals surface area contributed by atoms with Crippen LogP contribution in [0.15, 0.2) is 0 Å². The fraction of sp³-hybridized carbons (Fsp3) is 1.00. The minimum atomic E-state index is -3.67. The van der Waals surface area contributed by atoms with Crippen molar-refractivity contribution in [1.29, 1.82) is 0 Å². The molecule has 0 aliphatic carbocycles. The number of hydrogen-bond donors (Lipinski definition) is 0. The Bertz CT molecular complexity index is 355. The summed E-state index contributed by atoms with van der Waals surface area (Å²) < 4.78 is 53.0. The third-order valence-electron chi connectivity index (χ3n) is 1.68. The van der Waals surface area contributed by atoms with Crippen LogP contribution in [0.2, 0.25) is 0 Å². The lowest BCUT2D eigenvalue weighted by molar-refractivity contribution is 0.0813. The van der Waals surface area contributed by atoms with Gasteiger partial charge in [0.15, 0.2) is 0 Å². The molecular formula is C7H15O7PS. The van der Waals surface area contributed by atoms with E-state index in [1.165, 1.54) is 0 Å². The van der Waals surface area contributed by atoms with Gasteiger partial charge in [-0.25, -0.2) is 4.57 Å². The third kappa shape index (κ3) is 4.12. The van der Waals surface area contributed by atoms with E-state index in [-0.39, 0.29) is 25.6 Å². The Labute approximate surface area is 94.8 Å². The molecule has 1 heterocycles.